The van der Waals surface area contributed by atoms with Gasteiger partial charge in [0.15, 0.2) is 0 Å². The Kier molecular flexibility index (Phi) is 4.66. The quantitative estimate of drug-likeness (QED) is 0.802. The standard InChI is InChI=1S/C15H22N2O2/c1-19-13-8-4-7-12(14(13)16)15(18)17-10-9-11-5-2-3-6-11/h4,7-8,11H,2-3,5-6,9-10,16H2,1H3,(H,17,18). The second-order valence-corrected chi connectivity index (χ2v) is 5.12. The summed E-state index contributed by atoms with van der Waals surface area (Å²) in [4.78, 5) is 12.1. The zero-order chi connectivity index (χ0) is 13.7. The van der Waals surface area contributed by atoms with E-state index in [0.29, 0.717) is 17.0 Å². The molecule has 19 heavy (non-hydrogen) atoms. The number of anilines is 1. The van der Waals surface area contributed by atoms with Crippen molar-refractivity contribution >= 4 is 11.6 Å². The first-order valence-corrected chi connectivity index (χ1v) is 6.93. The van der Waals surface area contributed by atoms with E-state index < -0.39 is 0 Å². The van der Waals surface area contributed by atoms with Gasteiger partial charge in [-0.15, -0.1) is 0 Å². The topological polar surface area (TPSA) is 64.3 Å². The first-order chi connectivity index (χ1) is 9.22. The zero-order valence-corrected chi connectivity index (χ0v) is 11.4. The summed E-state index contributed by atoms with van der Waals surface area (Å²) in [6.45, 7) is 0.722. The van der Waals surface area contributed by atoms with Crippen LogP contribution in [0.5, 0.6) is 5.75 Å². The number of amides is 1. The molecule has 0 bridgehead atoms. The minimum atomic E-state index is -0.116. The molecule has 1 fully saturated rings. The van der Waals surface area contributed by atoms with Gasteiger partial charge in [-0.05, 0) is 24.5 Å². The summed E-state index contributed by atoms with van der Waals surface area (Å²) in [7, 11) is 1.55. The van der Waals surface area contributed by atoms with Crippen LogP contribution < -0.4 is 15.8 Å². The van der Waals surface area contributed by atoms with Crippen molar-refractivity contribution in [2.75, 3.05) is 19.4 Å². The third-order valence-corrected chi connectivity index (χ3v) is 3.84. The van der Waals surface area contributed by atoms with E-state index in [2.05, 4.69) is 5.32 Å². The van der Waals surface area contributed by atoms with Crippen LogP contribution in [0.25, 0.3) is 0 Å². The molecular formula is C15H22N2O2. The van der Waals surface area contributed by atoms with Crippen LogP contribution in [0.15, 0.2) is 18.2 Å². The highest BCUT2D eigenvalue weighted by Crippen LogP contribution is 2.27. The fourth-order valence-electron chi connectivity index (χ4n) is 2.70. The lowest BCUT2D eigenvalue weighted by Crippen LogP contribution is -2.26. The molecule has 1 saturated carbocycles. The van der Waals surface area contributed by atoms with Gasteiger partial charge in [-0.1, -0.05) is 31.7 Å². The number of hydrogen-bond acceptors (Lipinski definition) is 3. The number of para-hydroxylation sites is 1. The van der Waals surface area contributed by atoms with Gasteiger partial charge in [0.05, 0.1) is 18.4 Å². The molecular weight excluding hydrogens is 240 g/mol. The van der Waals surface area contributed by atoms with Crippen molar-refractivity contribution in [3.63, 3.8) is 0 Å². The van der Waals surface area contributed by atoms with E-state index in [1.165, 1.54) is 25.7 Å². The Morgan fingerprint density at radius 2 is 2.16 bits per heavy atom. The minimum Gasteiger partial charge on any atom is -0.495 e. The molecule has 1 aliphatic carbocycles. The minimum absolute atomic E-state index is 0.116. The van der Waals surface area contributed by atoms with Crippen LogP contribution in [0.1, 0.15) is 42.5 Å². The van der Waals surface area contributed by atoms with E-state index >= 15 is 0 Å². The van der Waals surface area contributed by atoms with Crippen molar-refractivity contribution in [1.82, 2.24) is 5.32 Å². The van der Waals surface area contributed by atoms with E-state index in [1.807, 2.05) is 0 Å². The molecule has 1 aromatic rings. The van der Waals surface area contributed by atoms with Gasteiger partial charge < -0.3 is 15.8 Å². The van der Waals surface area contributed by atoms with Crippen LogP contribution >= 0.6 is 0 Å². The number of carbonyl (C=O) groups is 1. The molecule has 4 heteroatoms. The third-order valence-electron chi connectivity index (χ3n) is 3.84. The fourth-order valence-corrected chi connectivity index (χ4v) is 2.70. The second kappa shape index (κ2) is 6.45. The summed E-state index contributed by atoms with van der Waals surface area (Å²) in [6, 6.07) is 5.26. The van der Waals surface area contributed by atoms with Gasteiger partial charge in [-0.25, -0.2) is 0 Å². The molecule has 3 N–H and O–H groups in total. The number of nitrogens with two attached hydrogens (primary N) is 1. The van der Waals surface area contributed by atoms with E-state index in [0.717, 1.165) is 18.9 Å². The van der Waals surface area contributed by atoms with Crippen molar-refractivity contribution < 1.29 is 9.53 Å². The Labute approximate surface area is 114 Å². The third kappa shape index (κ3) is 3.40. The highest BCUT2D eigenvalue weighted by Gasteiger charge is 2.16. The van der Waals surface area contributed by atoms with Crippen molar-refractivity contribution in [2.24, 2.45) is 5.92 Å². The van der Waals surface area contributed by atoms with Crippen molar-refractivity contribution in [1.29, 1.82) is 0 Å². The summed E-state index contributed by atoms with van der Waals surface area (Å²) >= 11 is 0. The molecule has 0 aromatic heterocycles. The van der Waals surface area contributed by atoms with Gasteiger partial charge in [0.2, 0.25) is 0 Å². The summed E-state index contributed by atoms with van der Waals surface area (Å²) in [5.74, 6) is 1.21. The number of ether oxygens (including phenoxy) is 1. The molecule has 0 radical (unpaired) electrons. The van der Waals surface area contributed by atoms with Crippen molar-refractivity contribution in [3.8, 4) is 5.75 Å². The van der Waals surface area contributed by atoms with Gasteiger partial charge in [0.1, 0.15) is 5.75 Å². The van der Waals surface area contributed by atoms with E-state index in [4.69, 9.17) is 10.5 Å². The number of hydrogen-bond donors (Lipinski definition) is 2. The van der Waals surface area contributed by atoms with Gasteiger partial charge in [-0.3, -0.25) is 4.79 Å². The highest BCUT2D eigenvalue weighted by atomic mass is 16.5. The summed E-state index contributed by atoms with van der Waals surface area (Å²) < 4.78 is 5.12. The molecule has 1 aromatic carbocycles. The van der Waals surface area contributed by atoms with Crippen LogP contribution in [-0.2, 0) is 0 Å². The van der Waals surface area contributed by atoms with E-state index in [9.17, 15) is 4.79 Å². The molecule has 0 aliphatic heterocycles. The largest absolute Gasteiger partial charge is 0.495 e. The average molecular weight is 262 g/mol. The van der Waals surface area contributed by atoms with Gasteiger partial charge in [0, 0.05) is 6.54 Å². The lowest BCUT2D eigenvalue weighted by Gasteiger charge is -2.12. The molecule has 0 unspecified atom stereocenters. The molecule has 0 heterocycles. The van der Waals surface area contributed by atoms with Gasteiger partial charge in [-0.2, -0.15) is 0 Å². The number of rotatable bonds is 5. The monoisotopic (exact) mass is 262 g/mol. The first-order valence-electron chi connectivity index (χ1n) is 6.93. The predicted molar refractivity (Wildman–Crippen MR) is 76.3 cm³/mol. The van der Waals surface area contributed by atoms with E-state index in [1.54, 1.807) is 25.3 Å². The second-order valence-electron chi connectivity index (χ2n) is 5.12. The number of carbonyl (C=O) groups excluding carboxylic acids is 1. The smallest absolute Gasteiger partial charge is 0.253 e. The maximum atomic E-state index is 12.1. The van der Waals surface area contributed by atoms with Crippen LogP contribution in [0, 0.1) is 5.92 Å². The maximum Gasteiger partial charge on any atom is 0.253 e. The summed E-state index contributed by atoms with van der Waals surface area (Å²) in [6.07, 6.45) is 6.34. The summed E-state index contributed by atoms with van der Waals surface area (Å²) in [5.41, 5.74) is 6.80. The van der Waals surface area contributed by atoms with Crippen LogP contribution in [0.4, 0.5) is 5.69 Å². The molecule has 104 valence electrons. The lowest BCUT2D eigenvalue weighted by atomic mass is 10.0. The molecule has 0 atom stereocenters. The number of nitrogen functional groups attached to an aromatic ring is 1. The van der Waals surface area contributed by atoms with E-state index in [-0.39, 0.29) is 5.91 Å². The SMILES string of the molecule is COc1cccc(C(=O)NCCC2CCCC2)c1N. The lowest BCUT2D eigenvalue weighted by molar-refractivity contribution is 0.0952. The Bertz CT molecular complexity index is 440. The number of methoxy groups -OCH3 is 1. The summed E-state index contributed by atoms with van der Waals surface area (Å²) in [5, 5.41) is 2.94. The Balaban J connectivity index is 1.88. The Morgan fingerprint density at radius 1 is 1.42 bits per heavy atom. The number of benzene rings is 1. The molecule has 0 saturated heterocycles. The normalized spacial score (nSPS) is 15.4. The van der Waals surface area contributed by atoms with Crippen LogP contribution in [0.3, 0.4) is 0 Å². The molecule has 2 rings (SSSR count). The fraction of sp³-hybridized carbons (Fsp3) is 0.533. The molecule has 1 aliphatic rings. The van der Waals surface area contributed by atoms with Crippen LogP contribution in [0.2, 0.25) is 0 Å². The average Bonchev–Trinajstić information content (AvgIpc) is 2.92. The highest BCUT2D eigenvalue weighted by molar-refractivity contribution is 6.00. The Hall–Kier alpha value is -1.71. The Morgan fingerprint density at radius 3 is 2.84 bits per heavy atom. The molecule has 4 nitrogen and oxygen atoms in total. The molecule has 1 amide bonds. The van der Waals surface area contributed by atoms with Crippen molar-refractivity contribution in [2.45, 2.75) is 32.1 Å². The zero-order valence-electron chi connectivity index (χ0n) is 11.4. The molecule has 0 spiro atoms. The van der Waals surface area contributed by atoms with Gasteiger partial charge >= 0.3 is 0 Å². The predicted octanol–water partition coefficient (Wildman–Crippen LogP) is 2.59. The van der Waals surface area contributed by atoms with Gasteiger partial charge in [0.25, 0.3) is 5.91 Å². The first kappa shape index (κ1) is 13.7. The van der Waals surface area contributed by atoms with Crippen molar-refractivity contribution in [3.05, 3.63) is 23.8 Å². The maximum absolute atomic E-state index is 12.1. The number of nitrogens with one attached hydrogen (secondary N) is 1. The van der Waals surface area contributed by atoms with Crippen LogP contribution in [-0.4, -0.2) is 19.6 Å².